The maximum atomic E-state index is 13.8. The molecule has 0 aliphatic carbocycles. The molecule has 0 unspecified atom stereocenters. The van der Waals surface area contributed by atoms with E-state index in [1.807, 2.05) is 0 Å². The van der Waals surface area contributed by atoms with Crippen molar-refractivity contribution >= 4 is 23.9 Å². The number of carbonyl (C=O) groups is 4. The van der Waals surface area contributed by atoms with Gasteiger partial charge < -0.3 is 18.9 Å². The minimum absolute atomic E-state index is 0.200. The van der Waals surface area contributed by atoms with Gasteiger partial charge >= 0.3 is 23.9 Å². The van der Waals surface area contributed by atoms with Gasteiger partial charge in [0, 0.05) is 0 Å². The zero-order valence-corrected chi connectivity index (χ0v) is 15.2. The molecule has 0 radical (unpaired) electrons. The molecular formula is C16H24F2O8. The van der Waals surface area contributed by atoms with Crippen molar-refractivity contribution < 1.29 is 46.9 Å². The second-order valence-electron chi connectivity index (χ2n) is 4.88. The number of carbonyl (C=O) groups excluding carboxylic acids is 4. The van der Waals surface area contributed by atoms with E-state index in [1.54, 1.807) is 0 Å². The number of ether oxygens (including phenoxy) is 4. The molecule has 26 heavy (non-hydrogen) atoms. The number of hydrogen-bond donors (Lipinski definition) is 0. The van der Waals surface area contributed by atoms with E-state index in [4.69, 9.17) is 0 Å². The van der Waals surface area contributed by atoms with E-state index in [2.05, 4.69) is 18.9 Å². The standard InChI is InChI=1S/C16H24F2O8/c1-5-23-13(19)10(14(20)24-6-2)9(12(17)18)11(15(21)25-7-3)16(22)26-8-4/h9-12H,5-8H2,1-4H3. The Morgan fingerprint density at radius 3 is 1.00 bits per heavy atom. The molecule has 0 bridgehead atoms. The van der Waals surface area contributed by atoms with Crippen LogP contribution in [0, 0.1) is 17.8 Å². The summed E-state index contributed by atoms with van der Waals surface area (Å²) in [6, 6.07) is 0. The molecule has 0 fully saturated rings. The number of hydrogen-bond acceptors (Lipinski definition) is 8. The third-order valence-electron chi connectivity index (χ3n) is 3.22. The van der Waals surface area contributed by atoms with Crippen molar-refractivity contribution in [3.05, 3.63) is 0 Å². The largest absolute Gasteiger partial charge is 0.465 e. The van der Waals surface area contributed by atoms with E-state index in [-0.39, 0.29) is 26.4 Å². The molecule has 0 aromatic heterocycles. The lowest BCUT2D eigenvalue weighted by atomic mass is 9.81. The molecule has 0 heterocycles. The normalized spacial score (nSPS) is 11.0. The molecule has 0 rings (SSSR count). The summed E-state index contributed by atoms with van der Waals surface area (Å²) in [7, 11) is 0. The van der Waals surface area contributed by atoms with Gasteiger partial charge in [-0.2, -0.15) is 0 Å². The van der Waals surface area contributed by atoms with Gasteiger partial charge in [0.25, 0.3) is 0 Å². The minimum Gasteiger partial charge on any atom is -0.465 e. The van der Waals surface area contributed by atoms with E-state index in [9.17, 15) is 28.0 Å². The molecule has 0 aliphatic heterocycles. The van der Waals surface area contributed by atoms with Gasteiger partial charge in [-0.25, -0.2) is 8.78 Å². The molecule has 8 nitrogen and oxygen atoms in total. The average molecular weight is 382 g/mol. The third-order valence-corrected chi connectivity index (χ3v) is 3.22. The Morgan fingerprint density at radius 1 is 0.615 bits per heavy atom. The van der Waals surface area contributed by atoms with Crippen LogP contribution in [0.3, 0.4) is 0 Å². The molecule has 0 aromatic rings. The van der Waals surface area contributed by atoms with Crippen LogP contribution in [0.2, 0.25) is 0 Å². The molecule has 0 N–H and O–H groups in total. The van der Waals surface area contributed by atoms with Crippen molar-refractivity contribution in [1.29, 1.82) is 0 Å². The number of alkyl halides is 2. The summed E-state index contributed by atoms with van der Waals surface area (Å²) in [6.45, 7) is 4.83. The van der Waals surface area contributed by atoms with Gasteiger partial charge in [-0.3, -0.25) is 19.2 Å². The van der Waals surface area contributed by atoms with Gasteiger partial charge in [-0.1, -0.05) is 0 Å². The molecule has 0 amide bonds. The second kappa shape index (κ2) is 12.2. The SMILES string of the molecule is CCOC(=O)C(C(=O)OCC)C(C(F)F)C(C(=O)OCC)C(=O)OCC. The zero-order chi connectivity index (χ0) is 20.3. The van der Waals surface area contributed by atoms with Gasteiger partial charge in [0.1, 0.15) is 0 Å². The van der Waals surface area contributed by atoms with Crippen LogP contribution in [-0.2, 0) is 38.1 Å². The Morgan fingerprint density at radius 2 is 0.846 bits per heavy atom. The number of esters is 4. The summed E-state index contributed by atoms with van der Waals surface area (Å²) in [5.41, 5.74) is 0. The van der Waals surface area contributed by atoms with Crippen LogP contribution in [0.1, 0.15) is 27.7 Å². The monoisotopic (exact) mass is 382 g/mol. The molecule has 0 saturated carbocycles. The zero-order valence-electron chi connectivity index (χ0n) is 15.2. The molecule has 0 aromatic carbocycles. The van der Waals surface area contributed by atoms with Crippen molar-refractivity contribution in [3.8, 4) is 0 Å². The van der Waals surface area contributed by atoms with Gasteiger partial charge in [0.15, 0.2) is 11.8 Å². The molecule has 0 atom stereocenters. The summed E-state index contributed by atoms with van der Waals surface area (Å²) in [6.07, 6.45) is -3.41. The number of rotatable bonds is 11. The average Bonchev–Trinajstić information content (AvgIpc) is 2.55. The fraction of sp³-hybridized carbons (Fsp3) is 0.750. The summed E-state index contributed by atoms with van der Waals surface area (Å²) < 4.78 is 46.2. The Hall–Kier alpha value is -2.26. The fourth-order valence-electron chi connectivity index (χ4n) is 2.23. The predicted molar refractivity (Wildman–Crippen MR) is 83.0 cm³/mol. The lowest BCUT2D eigenvalue weighted by molar-refractivity contribution is -0.178. The Labute approximate surface area is 150 Å². The first-order valence-electron chi connectivity index (χ1n) is 8.21. The highest BCUT2D eigenvalue weighted by Gasteiger charge is 2.53. The van der Waals surface area contributed by atoms with Crippen LogP contribution in [-0.4, -0.2) is 56.7 Å². The van der Waals surface area contributed by atoms with Crippen LogP contribution in [0.5, 0.6) is 0 Å². The highest BCUT2D eigenvalue weighted by Crippen LogP contribution is 2.32. The molecular weight excluding hydrogens is 358 g/mol. The van der Waals surface area contributed by atoms with Crippen LogP contribution in [0.25, 0.3) is 0 Å². The third kappa shape index (κ3) is 6.57. The Balaban J connectivity index is 6.11. The molecule has 150 valence electrons. The van der Waals surface area contributed by atoms with E-state index in [0.717, 1.165) is 0 Å². The van der Waals surface area contributed by atoms with Crippen molar-refractivity contribution in [2.24, 2.45) is 17.8 Å². The van der Waals surface area contributed by atoms with Gasteiger partial charge in [0.05, 0.1) is 32.3 Å². The maximum absolute atomic E-state index is 13.8. The van der Waals surface area contributed by atoms with Crippen molar-refractivity contribution in [2.75, 3.05) is 26.4 Å². The van der Waals surface area contributed by atoms with Crippen LogP contribution < -0.4 is 0 Å². The lowest BCUT2D eigenvalue weighted by Crippen LogP contribution is -2.47. The number of halogens is 2. The van der Waals surface area contributed by atoms with Gasteiger partial charge in [-0.05, 0) is 27.7 Å². The van der Waals surface area contributed by atoms with Crippen LogP contribution >= 0.6 is 0 Å². The predicted octanol–water partition coefficient (Wildman–Crippen LogP) is 1.35. The highest BCUT2D eigenvalue weighted by atomic mass is 19.3. The van der Waals surface area contributed by atoms with Crippen molar-refractivity contribution in [3.63, 3.8) is 0 Å². The first-order valence-corrected chi connectivity index (χ1v) is 8.21. The summed E-state index contributed by atoms with van der Waals surface area (Å²) >= 11 is 0. The first-order chi connectivity index (χ1) is 12.3. The molecule has 0 aliphatic rings. The van der Waals surface area contributed by atoms with E-state index in [0.29, 0.717) is 0 Å². The topological polar surface area (TPSA) is 105 Å². The quantitative estimate of drug-likeness (QED) is 0.300. The summed E-state index contributed by atoms with van der Waals surface area (Å²) in [5, 5.41) is 0. The second-order valence-corrected chi connectivity index (χ2v) is 4.88. The Kier molecular flexibility index (Phi) is 11.1. The first kappa shape index (κ1) is 23.7. The van der Waals surface area contributed by atoms with Crippen LogP contribution in [0.15, 0.2) is 0 Å². The van der Waals surface area contributed by atoms with Crippen LogP contribution in [0.4, 0.5) is 8.78 Å². The van der Waals surface area contributed by atoms with Crippen molar-refractivity contribution in [2.45, 2.75) is 34.1 Å². The molecule has 10 heteroatoms. The molecule has 0 saturated heterocycles. The van der Waals surface area contributed by atoms with Gasteiger partial charge in [0.2, 0.25) is 6.43 Å². The minimum atomic E-state index is -3.41. The smallest absolute Gasteiger partial charge is 0.320 e. The van der Waals surface area contributed by atoms with Gasteiger partial charge in [-0.15, -0.1) is 0 Å². The lowest BCUT2D eigenvalue weighted by Gasteiger charge is -2.28. The fourth-order valence-corrected chi connectivity index (χ4v) is 2.23. The van der Waals surface area contributed by atoms with E-state index < -0.39 is 48.1 Å². The van der Waals surface area contributed by atoms with Crippen molar-refractivity contribution in [1.82, 2.24) is 0 Å². The van der Waals surface area contributed by atoms with E-state index >= 15 is 0 Å². The highest BCUT2D eigenvalue weighted by molar-refractivity contribution is 6.00. The molecule has 0 spiro atoms. The summed E-state index contributed by atoms with van der Waals surface area (Å²) in [4.78, 5) is 48.4. The van der Waals surface area contributed by atoms with E-state index in [1.165, 1.54) is 27.7 Å². The maximum Gasteiger partial charge on any atom is 0.320 e. The summed E-state index contributed by atoms with van der Waals surface area (Å²) in [5.74, 6) is -12.0. The Bertz CT molecular complexity index is 419.